The Morgan fingerprint density at radius 2 is 1.65 bits per heavy atom. The highest BCUT2D eigenvalue weighted by Crippen LogP contribution is 2.22. The summed E-state index contributed by atoms with van der Waals surface area (Å²) in [5.41, 5.74) is 0.942. The largest absolute Gasteiger partial charge is 0.468 e. The topological polar surface area (TPSA) is 67.6 Å². The first-order chi connectivity index (χ1) is 11.2. The lowest BCUT2D eigenvalue weighted by Gasteiger charge is -2.13. The molecule has 0 bridgehead atoms. The second kappa shape index (κ2) is 6.91. The number of benzene rings is 1. The molecular weight excluding hydrogens is 314 g/mol. The molecule has 0 spiro atoms. The summed E-state index contributed by atoms with van der Waals surface area (Å²) in [6.45, 7) is 0.365. The third-order valence-corrected chi connectivity index (χ3v) is 5.12. The van der Waals surface area contributed by atoms with Gasteiger partial charge in [0, 0.05) is 23.1 Å². The maximum atomic E-state index is 12.2. The van der Waals surface area contributed by atoms with Gasteiger partial charge in [-0.15, -0.1) is 0 Å². The molecule has 1 aromatic carbocycles. The third-order valence-electron chi connectivity index (χ3n) is 3.77. The number of imide groups is 1. The van der Waals surface area contributed by atoms with E-state index in [1.54, 1.807) is 42.7 Å². The number of furan rings is 1. The van der Waals surface area contributed by atoms with Crippen molar-refractivity contribution in [3.63, 3.8) is 0 Å². The molecule has 0 fully saturated rings. The van der Waals surface area contributed by atoms with E-state index in [0.29, 0.717) is 47.8 Å². The number of fused-ring (bicyclic) bond motifs is 1. The molecule has 2 amide bonds. The summed E-state index contributed by atoms with van der Waals surface area (Å²) >= 11 is 0. The van der Waals surface area contributed by atoms with Crippen molar-refractivity contribution >= 4 is 22.6 Å². The zero-order chi connectivity index (χ0) is 16.2. The van der Waals surface area contributed by atoms with E-state index in [-0.39, 0.29) is 11.8 Å². The molecule has 0 aliphatic carbocycles. The number of unbranched alkanes of at least 4 members (excludes halogenated alkanes) is 1. The van der Waals surface area contributed by atoms with Gasteiger partial charge in [0.2, 0.25) is 0 Å². The van der Waals surface area contributed by atoms with Crippen LogP contribution in [0.15, 0.2) is 47.1 Å². The third kappa shape index (κ3) is 3.42. The maximum absolute atomic E-state index is 12.2. The molecule has 0 saturated heterocycles. The first-order valence-corrected chi connectivity index (χ1v) is 8.98. The van der Waals surface area contributed by atoms with Gasteiger partial charge in [0.05, 0.1) is 23.1 Å². The fourth-order valence-electron chi connectivity index (χ4n) is 2.60. The molecule has 5 nitrogen and oxygen atoms in total. The first kappa shape index (κ1) is 15.7. The Morgan fingerprint density at radius 1 is 0.957 bits per heavy atom. The number of carbonyl (C=O) groups excluding carboxylic acids is 2. The van der Waals surface area contributed by atoms with Crippen LogP contribution in [0.5, 0.6) is 0 Å². The lowest BCUT2D eigenvalue weighted by molar-refractivity contribution is 0.0652. The minimum atomic E-state index is -0.992. The molecular formula is C17H17NO4S. The lowest BCUT2D eigenvalue weighted by atomic mass is 10.1. The molecule has 1 unspecified atom stereocenters. The van der Waals surface area contributed by atoms with Crippen molar-refractivity contribution in [1.29, 1.82) is 0 Å². The van der Waals surface area contributed by atoms with E-state index >= 15 is 0 Å². The fraction of sp³-hybridized carbons (Fsp3) is 0.294. The van der Waals surface area contributed by atoms with Gasteiger partial charge in [-0.3, -0.25) is 18.7 Å². The Kier molecular flexibility index (Phi) is 4.71. The number of amides is 2. The SMILES string of the molecule is O=C1c2ccccc2C(=O)N1CCCCS(=O)Cc1ccco1. The number of hydrogen-bond acceptors (Lipinski definition) is 4. The predicted molar refractivity (Wildman–Crippen MR) is 86.5 cm³/mol. The molecule has 3 rings (SSSR count). The Labute approximate surface area is 136 Å². The van der Waals surface area contributed by atoms with Crippen LogP contribution in [0.1, 0.15) is 39.3 Å². The van der Waals surface area contributed by atoms with Crippen molar-refractivity contribution in [1.82, 2.24) is 4.90 Å². The summed E-state index contributed by atoms with van der Waals surface area (Å²) in [5.74, 6) is 1.18. The van der Waals surface area contributed by atoms with Crippen LogP contribution in [-0.4, -0.2) is 33.2 Å². The summed E-state index contributed by atoms with van der Waals surface area (Å²) in [7, 11) is -0.992. The molecule has 0 saturated carbocycles. The van der Waals surface area contributed by atoms with E-state index < -0.39 is 10.8 Å². The molecule has 0 N–H and O–H groups in total. The molecule has 2 heterocycles. The predicted octanol–water partition coefficient (Wildman–Crippen LogP) is 2.60. The van der Waals surface area contributed by atoms with Gasteiger partial charge in [0.25, 0.3) is 11.8 Å². The van der Waals surface area contributed by atoms with Crippen LogP contribution in [0.3, 0.4) is 0 Å². The van der Waals surface area contributed by atoms with Crippen molar-refractivity contribution < 1.29 is 18.2 Å². The summed E-state index contributed by atoms with van der Waals surface area (Å²) in [6, 6.07) is 10.4. The van der Waals surface area contributed by atoms with E-state index in [1.165, 1.54) is 4.90 Å². The fourth-order valence-corrected chi connectivity index (χ4v) is 3.75. The summed E-state index contributed by atoms with van der Waals surface area (Å²) in [5, 5.41) is 0. The minimum absolute atomic E-state index is 0.234. The highest BCUT2D eigenvalue weighted by atomic mass is 32.2. The van der Waals surface area contributed by atoms with Crippen LogP contribution in [-0.2, 0) is 16.6 Å². The van der Waals surface area contributed by atoms with Crippen LogP contribution in [0.4, 0.5) is 0 Å². The van der Waals surface area contributed by atoms with Crippen molar-refractivity contribution in [3.05, 3.63) is 59.5 Å². The molecule has 6 heteroatoms. The maximum Gasteiger partial charge on any atom is 0.261 e. The zero-order valence-corrected chi connectivity index (χ0v) is 13.4. The summed E-state index contributed by atoms with van der Waals surface area (Å²) in [6.07, 6.45) is 2.91. The first-order valence-electron chi connectivity index (χ1n) is 7.49. The van der Waals surface area contributed by atoms with Crippen LogP contribution < -0.4 is 0 Å². The van der Waals surface area contributed by atoms with Crippen molar-refractivity contribution in [2.75, 3.05) is 12.3 Å². The number of rotatable bonds is 7. The molecule has 1 aliphatic heterocycles. The van der Waals surface area contributed by atoms with Crippen LogP contribution in [0, 0.1) is 0 Å². The van der Waals surface area contributed by atoms with E-state index in [2.05, 4.69) is 0 Å². The average molecular weight is 331 g/mol. The Balaban J connectivity index is 1.46. The Morgan fingerprint density at radius 3 is 2.26 bits per heavy atom. The standard InChI is InChI=1S/C17H17NO4S/c19-16-14-7-1-2-8-15(14)17(20)18(16)9-3-4-11-23(21)12-13-6-5-10-22-13/h1-2,5-8,10H,3-4,9,11-12H2. The van der Waals surface area contributed by atoms with Crippen LogP contribution in [0.25, 0.3) is 0 Å². The van der Waals surface area contributed by atoms with E-state index in [9.17, 15) is 13.8 Å². The van der Waals surface area contributed by atoms with Crippen LogP contribution >= 0.6 is 0 Å². The van der Waals surface area contributed by atoms with Gasteiger partial charge in [-0.25, -0.2) is 0 Å². The summed E-state index contributed by atoms with van der Waals surface area (Å²) < 4.78 is 17.1. The molecule has 1 atom stereocenters. The van der Waals surface area contributed by atoms with Gasteiger partial charge in [-0.1, -0.05) is 12.1 Å². The van der Waals surface area contributed by atoms with Crippen molar-refractivity contribution in [3.8, 4) is 0 Å². The Bertz CT molecular complexity index is 704. The molecule has 120 valence electrons. The molecule has 1 aromatic heterocycles. The van der Waals surface area contributed by atoms with Gasteiger partial charge in [0.15, 0.2) is 0 Å². The normalized spacial score (nSPS) is 15.0. The second-order valence-electron chi connectivity index (χ2n) is 5.38. The van der Waals surface area contributed by atoms with Crippen molar-refractivity contribution in [2.24, 2.45) is 0 Å². The Hall–Kier alpha value is -2.21. The van der Waals surface area contributed by atoms with E-state index in [1.807, 2.05) is 0 Å². The molecule has 2 aromatic rings. The smallest absolute Gasteiger partial charge is 0.261 e. The summed E-state index contributed by atoms with van der Waals surface area (Å²) in [4.78, 5) is 25.6. The van der Waals surface area contributed by atoms with Gasteiger partial charge >= 0.3 is 0 Å². The van der Waals surface area contributed by atoms with E-state index in [0.717, 1.165) is 0 Å². The van der Waals surface area contributed by atoms with E-state index in [4.69, 9.17) is 4.42 Å². The minimum Gasteiger partial charge on any atom is -0.468 e. The number of carbonyl (C=O) groups is 2. The van der Waals surface area contributed by atoms with Gasteiger partial charge in [-0.2, -0.15) is 0 Å². The monoisotopic (exact) mass is 331 g/mol. The quantitative estimate of drug-likeness (QED) is 0.578. The van der Waals surface area contributed by atoms with Gasteiger partial charge in [-0.05, 0) is 37.1 Å². The number of nitrogens with zero attached hydrogens (tertiary/aromatic N) is 1. The lowest BCUT2D eigenvalue weighted by Crippen LogP contribution is -2.30. The van der Waals surface area contributed by atoms with Gasteiger partial charge in [0.1, 0.15) is 5.76 Å². The zero-order valence-electron chi connectivity index (χ0n) is 12.6. The number of hydrogen-bond donors (Lipinski definition) is 0. The molecule has 1 aliphatic rings. The average Bonchev–Trinajstić information content (AvgIpc) is 3.14. The highest BCUT2D eigenvalue weighted by molar-refractivity contribution is 7.84. The highest BCUT2D eigenvalue weighted by Gasteiger charge is 2.34. The van der Waals surface area contributed by atoms with Crippen LogP contribution in [0.2, 0.25) is 0 Å². The van der Waals surface area contributed by atoms with Crippen molar-refractivity contribution in [2.45, 2.75) is 18.6 Å². The van der Waals surface area contributed by atoms with Gasteiger partial charge < -0.3 is 4.42 Å². The second-order valence-corrected chi connectivity index (χ2v) is 6.96. The molecule has 0 radical (unpaired) electrons. The molecule has 23 heavy (non-hydrogen) atoms.